The number of esters is 1. The molecule has 0 radical (unpaired) electrons. The molecular weight excluding hydrogens is 293 g/mol. The molecule has 1 unspecified atom stereocenters. The van der Waals surface area contributed by atoms with Crippen LogP contribution in [0.1, 0.15) is 18.5 Å². The van der Waals surface area contributed by atoms with Gasteiger partial charge in [-0.2, -0.15) is 0 Å². The molecular formula is C11H13BrClNO2. The Labute approximate surface area is 108 Å². The summed E-state index contributed by atoms with van der Waals surface area (Å²) in [5.74, 6) is -0.302. The summed E-state index contributed by atoms with van der Waals surface area (Å²) < 4.78 is 5.77. The van der Waals surface area contributed by atoms with Gasteiger partial charge < -0.3 is 10.1 Å². The fourth-order valence-corrected chi connectivity index (χ4v) is 1.77. The average molecular weight is 307 g/mol. The molecule has 0 fully saturated rings. The first-order valence-electron chi connectivity index (χ1n) is 4.89. The van der Waals surface area contributed by atoms with Crippen molar-refractivity contribution < 1.29 is 9.53 Å². The molecule has 5 heteroatoms. The number of hydrogen-bond acceptors (Lipinski definition) is 3. The highest BCUT2D eigenvalue weighted by Gasteiger charge is 2.20. The fraction of sp³-hybridized carbons (Fsp3) is 0.364. The number of nitrogens with one attached hydrogen (secondary N) is 1. The maximum absolute atomic E-state index is 11.6. The van der Waals surface area contributed by atoms with Crippen LogP contribution in [0.4, 0.5) is 0 Å². The molecule has 0 heterocycles. The zero-order chi connectivity index (χ0) is 12.1. The molecule has 0 aliphatic heterocycles. The maximum Gasteiger partial charge on any atom is 0.327 e. The molecule has 1 aromatic rings. The minimum atomic E-state index is -0.481. The predicted molar refractivity (Wildman–Crippen MR) is 67.6 cm³/mol. The van der Waals surface area contributed by atoms with Gasteiger partial charge in [-0.05, 0) is 47.6 Å². The van der Waals surface area contributed by atoms with E-state index in [9.17, 15) is 4.79 Å². The second-order valence-electron chi connectivity index (χ2n) is 3.15. The molecule has 0 aliphatic carbocycles. The van der Waals surface area contributed by atoms with Crippen molar-refractivity contribution in [3.63, 3.8) is 0 Å². The third-order valence-corrected chi connectivity index (χ3v) is 3.32. The minimum absolute atomic E-state index is 0.302. The van der Waals surface area contributed by atoms with Gasteiger partial charge in [-0.1, -0.05) is 17.7 Å². The fourth-order valence-electron chi connectivity index (χ4n) is 1.34. The van der Waals surface area contributed by atoms with Crippen LogP contribution in [0, 0.1) is 0 Å². The molecule has 0 aliphatic rings. The summed E-state index contributed by atoms with van der Waals surface area (Å²) in [4.78, 5) is 11.6. The van der Waals surface area contributed by atoms with Crippen molar-refractivity contribution in [3.05, 3.63) is 33.3 Å². The summed E-state index contributed by atoms with van der Waals surface area (Å²) in [6.45, 7) is 2.14. The number of likely N-dealkylation sites (N-methyl/N-ethyl adjacent to an activating group) is 1. The van der Waals surface area contributed by atoms with Gasteiger partial charge in [-0.3, -0.25) is 0 Å². The smallest absolute Gasteiger partial charge is 0.327 e. The molecule has 88 valence electrons. The summed E-state index contributed by atoms with van der Waals surface area (Å²) in [5, 5.41) is 3.47. The molecule has 1 aromatic carbocycles. The van der Waals surface area contributed by atoms with Crippen molar-refractivity contribution in [2.75, 3.05) is 13.7 Å². The number of carbonyl (C=O) groups is 1. The van der Waals surface area contributed by atoms with Gasteiger partial charge in [0.25, 0.3) is 0 Å². The van der Waals surface area contributed by atoms with E-state index in [0.717, 1.165) is 10.0 Å². The van der Waals surface area contributed by atoms with Crippen LogP contribution in [-0.2, 0) is 9.53 Å². The standard InChI is InChI=1S/C11H13BrClNO2/c1-3-16-11(15)10(14-2)7-4-5-8(12)9(13)6-7/h4-6,10,14H,3H2,1-2H3. The van der Waals surface area contributed by atoms with E-state index < -0.39 is 6.04 Å². The molecule has 0 aromatic heterocycles. The van der Waals surface area contributed by atoms with Crippen LogP contribution >= 0.6 is 27.5 Å². The Hall–Kier alpha value is -0.580. The molecule has 0 bridgehead atoms. The molecule has 0 saturated carbocycles. The Bertz CT molecular complexity index is 384. The molecule has 1 atom stereocenters. The van der Waals surface area contributed by atoms with Crippen LogP contribution in [0.2, 0.25) is 5.02 Å². The predicted octanol–water partition coefficient (Wildman–Crippen LogP) is 2.93. The number of halogens is 2. The van der Waals surface area contributed by atoms with E-state index in [-0.39, 0.29) is 5.97 Å². The van der Waals surface area contributed by atoms with Gasteiger partial charge in [0.2, 0.25) is 0 Å². The minimum Gasteiger partial charge on any atom is -0.465 e. The van der Waals surface area contributed by atoms with Crippen molar-refractivity contribution in [1.82, 2.24) is 5.32 Å². The second kappa shape index (κ2) is 6.23. The molecule has 16 heavy (non-hydrogen) atoms. The van der Waals surface area contributed by atoms with Gasteiger partial charge in [-0.25, -0.2) is 4.79 Å². The summed E-state index contributed by atoms with van der Waals surface area (Å²) >= 11 is 9.27. The van der Waals surface area contributed by atoms with E-state index in [1.165, 1.54) is 0 Å². The lowest BCUT2D eigenvalue weighted by Gasteiger charge is -2.15. The van der Waals surface area contributed by atoms with E-state index in [1.807, 2.05) is 6.07 Å². The van der Waals surface area contributed by atoms with Gasteiger partial charge in [0, 0.05) is 4.47 Å². The maximum atomic E-state index is 11.6. The van der Waals surface area contributed by atoms with E-state index in [0.29, 0.717) is 11.6 Å². The van der Waals surface area contributed by atoms with Gasteiger partial charge >= 0.3 is 5.97 Å². The molecule has 1 N–H and O–H groups in total. The van der Waals surface area contributed by atoms with Gasteiger partial charge in [-0.15, -0.1) is 0 Å². The van der Waals surface area contributed by atoms with E-state index >= 15 is 0 Å². The lowest BCUT2D eigenvalue weighted by molar-refractivity contribution is -0.145. The molecule has 3 nitrogen and oxygen atoms in total. The lowest BCUT2D eigenvalue weighted by Crippen LogP contribution is -2.27. The normalized spacial score (nSPS) is 12.2. The summed E-state index contributed by atoms with van der Waals surface area (Å²) in [6.07, 6.45) is 0. The summed E-state index contributed by atoms with van der Waals surface area (Å²) in [5.41, 5.74) is 0.786. The summed E-state index contributed by atoms with van der Waals surface area (Å²) in [7, 11) is 1.71. The molecule has 0 saturated heterocycles. The van der Waals surface area contributed by atoms with E-state index in [2.05, 4.69) is 21.2 Å². The van der Waals surface area contributed by atoms with Crippen LogP contribution in [-0.4, -0.2) is 19.6 Å². The largest absolute Gasteiger partial charge is 0.465 e. The molecule has 0 amide bonds. The number of benzene rings is 1. The van der Waals surface area contributed by atoms with Crippen molar-refractivity contribution in [2.24, 2.45) is 0 Å². The molecule has 1 rings (SSSR count). The number of hydrogen-bond donors (Lipinski definition) is 1. The first-order valence-corrected chi connectivity index (χ1v) is 6.06. The Morgan fingerprint density at radius 3 is 2.81 bits per heavy atom. The lowest BCUT2D eigenvalue weighted by atomic mass is 10.1. The first-order chi connectivity index (χ1) is 7.60. The van der Waals surface area contributed by atoms with Crippen molar-refractivity contribution in [3.8, 4) is 0 Å². The number of carbonyl (C=O) groups excluding carboxylic acids is 1. The van der Waals surface area contributed by atoms with Crippen LogP contribution in [0.15, 0.2) is 22.7 Å². The van der Waals surface area contributed by atoms with Crippen molar-refractivity contribution in [2.45, 2.75) is 13.0 Å². The van der Waals surface area contributed by atoms with Crippen LogP contribution in [0.5, 0.6) is 0 Å². The number of rotatable bonds is 4. The van der Waals surface area contributed by atoms with Crippen molar-refractivity contribution in [1.29, 1.82) is 0 Å². The topological polar surface area (TPSA) is 38.3 Å². The monoisotopic (exact) mass is 305 g/mol. The Morgan fingerprint density at radius 2 is 2.31 bits per heavy atom. The highest BCUT2D eigenvalue weighted by Crippen LogP contribution is 2.26. The summed E-state index contributed by atoms with van der Waals surface area (Å²) in [6, 6.07) is 4.89. The average Bonchev–Trinajstić information content (AvgIpc) is 2.25. The van der Waals surface area contributed by atoms with Gasteiger partial charge in [0.1, 0.15) is 6.04 Å². The SMILES string of the molecule is CCOC(=O)C(NC)c1ccc(Br)c(Cl)c1. The Balaban J connectivity index is 2.95. The first kappa shape index (κ1) is 13.5. The van der Waals surface area contributed by atoms with Crippen molar-refractivity contribution >= 4 is 33.5 Å². The van der Waals surface area contributed by atoms with Crippen LogP contribution < -0.4 is 5.32 Å². The highest BCUT2D eigenvalue weighted by molar-refractivity contribution is 9.10. The van der Waals surface area contributed by atoms with Crippen LogP contribution in [0.25, 0.3) is 0 Å². The zero-order valence-corrected chi connectivity index (χ0v) is 11.4. The third-order valence-electron chi connectivity index (χ3n) is 2.09. The quantitative estimate of drug-likeness (QED) is 0.869. The Morgan fingerprint density at radius 1 is 1.62 bits per heavy atom. The van der Waals surface area contributed by atoms with Gasteiger partial charge in [0.15, 0.2) is 0 Å². The van der Waals surface area contributed by atoms with E-state index in [4.69, 9.17) is 16.3 Å². The third kappa shape index (κ3) is 3.20. The van der Waals surface area contributed by atoms with E-state index in [1.54, 1.807) is 26.1 Å². The number of ether oxygens (including phenoxy) is 1. The van der Waals surface area contributed by atoms with Crippen LogP contribution in [0.3, 0.4) is 0 Å². The van der Waals surface area contributed by atoms with Gasteiger partial charge in [0.05, 0.1) is 11.6 Å². The highest BCUT2D eigenvalue weighted by atomic mass is 79.9. The second-order valence-corrected chi connectivity index (χ2v) is 4.41. The Kier molecular flexibility index (Phi) is 5.25. The zero-order valence-electron chi connectivity index (χ0n) is 9.09. The molecule has 0 spiro atoms.